The van der Waals surface area contributed by atoms with Crippen molar-refractivity contribution in [2.24, 2.45) is 0 Å². The number of rotatable bonds is 18. The Morgan fingerprint density at radius 2 is 1.11 bits per heavy atom. The molecule has 0 aromatic carbocycles. The lowest BCUT2D eigenvalue weighted by Crippen LogP contribution is -2.60. The number of nitrogens with zero attached hydrogens (tertiary/aromatic N) is 1. The Bertz CT molecular complexity index is 600. The summed E-state index contributed by atoms with van der Waals surface area (Å²) in [5, 5.41) is 0. The van der Waals surface area contributed by atoms with E-state index in [4.69, 9.17) is 22.1 Å². The fourth-order valence-electron chi connectivity index (χ4n) is 5.87. The van der Waals surface area contributed by atoms with Gasteiger partial charge in [-0.3, -0.25) is 4.90 Å². The van der Waals surface area contributed by atoms with Crippen LogP contribution < -0.4 is 0 Å². The molecule has 0 saturated carbocycles. The molecule has 0 bridgehead atoms. The first-order valence-corrected chi connectivity index (χ1v) is 22.4. The van der Waals surface area contributed by atoms with Crippen LogP contribution in [0.4, 0.5) is 0 Å². The van der Waals surface area contributed by atoms with Gasteiger partial charge < -0.3 is 22.1 Å². The molecule has 0 atom stereocenters. The molecule has 1 fully saturated rings. The average Bonchev–Trinajstić information content (AvgIpc) is 2.76. The molecule has 0 spiro atoms. The molecule has 1 heterocycles. The highest BCUT2D eigenvalue weighted by Gasteiger charge is 2.44. The third kappa shape index (κ3) is 11.7. The van der Waals surface area contributed by atoms with Gasteiger partial charge in [0.15, 0.2) is 16.6 Å². The standard InChI is InChI=1S/C27H61NO5Si3/c1-26(2)23-25(24-27(3,4)28(26)5)32-19-17-15-13-14-16-18-20-34(9,10)33-35(11,12)21-22-36(29-6,30-7)31-8/h25H,13-24H2,1-12H3. The Balaban J connectivity index is 2.21. The molecule has 0 amide bonds. The van der Waals surface area contributed by atoms with E-state index in [-0.39, 0.29) is 11.1 Å². The van der Waals surface area contributed by atoms with Gasteiger partial charge in [-0.15, -0.1) is 0 Å². The third-order valence-corrected chi connectivity index (χ3v) is 19.0. The Labute approximate surface area is 227 Å². The van der Waals surface area contributed by atoms with E-state index in [1.54, 1.807) is 21.3 Å². The minimum atomic E-state index is -2.52. The van der Waals surface area contributed by atoms with Crippen LogP contribution in [0.5, 0.6) is 0 Å². The van der Waals surface area contributed by atoms with Crippen LogP contribution in [0.2, 0.25) is 44.3 Å². The van der Waals surface area contributed by atoms with Crippen molar-refractivity contribution >= 4 is 25.4 Å². The number of likely N-dealkylation sites (tertiary alicyclic amines) is 1. The molecule has 0 aliphatic carbocycles. The molecule has 0 aromatic rings. The number of unbranched alkanes of at least 4 members (excludes halogenated alkanes) is 5. The molecule has 1 aliphatic heterocycles. The predicted molar refractivity (Wildman–Crippen MR) is 160 cm³/mol. The lowest BCUT2D eigenvalue weighted by atomic mass is 9.79. The topological polar surface area (TPSA) is 49.4 Å². The maximum Gasteiger partial charge on any atom is 0.499 e. The van der Waals surface area contributed by atoms with Crippen LogP contribution in [0.25, 0.3) is 0 Å². The van der Waals surface area contributed by atoms with Crippen molar-refractivity contribution in [3.8, 4) is 0 Å². The summed E-state index contributed by atoms with van der Waals surface area (Å²) in [5.74, 6) is 0. The second-order valence-electron chi connectivity index (χ2n) is 13.4. The first-order chi connectivity index (χ1) is 16.5. The summed E-state index contributed by atoms with van der Waals surface area (Å²) in [6.45, 7) is 19.7. The van der Waals surface area contributed by atoms with Crippen molar-refractivity contribution < 1.29 is 22.1 Å². The summed E-state index contributed by atoms with van der Waals surface area (Å²) >= 11 is 0. The fourth-order valence-corrected chi connectivity index (χ4v) is 18.5. The van der Waals surface area contributed by atoms with Crippen molar-refractivity contribution in [1.29, 1.82) is 0 Å². The Morgan fingerprint density at radius 3 is 1.61 bits per heavy atom. The van der Waals surface area contributed by atoms with E-state index in [2.05, 4.69) is 65.8 Å². The van der Waals surface area contributed by atoms with Gasteiger partial charge in [-0.25, -0.2) is 0 Å². The quantitative estimate of drug-likeness (QED) is 0.129. The summed E-state index contributed by atoms with van der Waals surface area (Å²) in [4.78, 5) is 2.52. The normalized spacial score (nSPS) is 19.7. The lowest BCUT2D eigenvalue weighted by molar-refractivity contribution is -0.0918. The van der Waals surface area contributed by atoms with E-state index < -0.39 is 25.4 Å². The van der Waals surface area contributed by atoms with Gasteiger partial charge in [-0.05, 0) is 92.3 Å². The molecule has 6 nitrogen and oxygen atoms in total. The molecular formula is C27H61NO5Si3. The van der Waals surface area contributed by atoms with Gasteiger partial charge in [0.1, 0.15) is 0 Å². The summed E-state index contributed by atoms with van der Waals surface area (Å²) in [5.41, 5.74) is 0.407. The van der Waals surface area contributed by atoms with Crippen molar-refractivity contribution in [3.05, 3.63) is 0 Å². The molecule has 1 rings (SSSR count). The third-order valence-electron chi connectivity index (χ3n) is 8.32. The van der Waals surface area contributed by atoms with Crippen LogP contribution in [-0.2, 0) is 22.1 Å². The Kier molecular flexibility index (Phi) is 14.1. The number of hydrogen-bond donors (Lipinski definition) is 0. The van der Waals surface area contributed by atoms with Gasteiger partial charge >= 0.3 is 8.80 Å². The summed E-state index contributed by atoms with van der Waals surface area (Å²) in [7, 11) is 1.37. The molecule has 36 heavy (non-hydrogen) atoms. The zero-order valence-electron chi connectivity index (χ0n) is 26.1. The van der Waals surface area contributed by atoms with Gasteiger partial charge in [0.2, 0.25) is 0 Å². The zero-order valence-corrected chi connectivity index (χ0v) is 29.1. The van der Waals surface area contributed by atoms with Crippen molar-refractivity contribution in [3.63, 3.8) is 0 Å². The SMILES string of the molecule is CO[Si](CC[Si](C)(C)O[Si](C)(C)CCCCCCCCOC1CC(C)(C)N(C)C(C)(C)C1)(OC)OC. The van der Waals surface area contributed by atoms with Crippen molar-refractivity contribution in [1.82, 2.24) is 4.90 Å². The van der Waals surface area contributed by atoms with E-state index >= 15 is 0 Å². The summed E-state index contributed by atoms with van der Waals surface area (Å²) < 4.78 is 30.0. The van der Waals surface area contributed by atoms with Crippen molar-refractivity contribution in [2.45, 2.75) is 141 Å². The van der Waals surface area contributed by atoms with Gasteiger partial charge in [-0.1, -0.05) is 32.1 Å². The molecule has 0 unspecified atom stereocenters. The molecule has 1 aliphatic rings. The van der Waals surface area contributed by atoms with Crippen LogP contribution in [0, 0.1) is 0 Å². The van der Waals surface area contributed by atoms with Crippen LogP contribution in [0.1, 0.15) is 79.1 Å². The first-order valence-electron chi connectivity index (χ1n) is 14.2. The first kappa shape index (κ1) is 34.4. The number of ether oxygens (including phenoxy) is 1. The summed E-state index contributed by atoms with van der Waals surface area (Å²) in [6.07, 6.45) is 10.3. The van der Waals surface area contributed by atoms with E-state index in [0.717, 1.165) is 31.5 Å². The molecule has 216 valence electrons. The highest BCUT2D eigenvalue weighted by molar-refractivity contribution is 6.85. The predicted octanol–water partition coefficient (Wildman–Crippen LogP) is 7.30. The highest BCUT2D eigenvalue weighted by Crippen LogP contribution is 2.38. The van der Waals surface area contributed by atoms with Crippen molar-refractivity contribution in [2.75, 3.05) is 35.0 Å². The monoisotopic (exact) mass is 563 g/mol. The summed E-state index contributed by atoms with van der Waals surface area (Å²) in [6, 6.07) is 3.09. The van der Waals surface area contributed by atoms with Gasteiger partial charge in [0.25, 0.3) is 0 Å². The minimum Gasteiger partial charge on any atom is -0.456 e. The second kappa shape index (κ2) is 14.7. The number of hydrogen-bond acceptors (Lipinski definition) is 6. The van der Waals surface area contributed by atoms with E-state index in [1.165, 1.54) is 44.6 Å². The van der Waals surface area contributed by atoms with Crippen LogP contribution in [0.3, 0.4) is 0 Å². The molecule has 9 heteroatoms. The molecule has 0 N–H and O–H groups in total. The fraction of sp³-hybridized carbons (Fsp3) is 1.00. The van der Waals surface area contributed by atoms with Crippen LogP contribution in [0.15, 0.2) is 0 Å². The number of piperidine rings is 1. The molecule has 0 radical (unpaired) electrons. The highest BCUT2D eigenvalue weighted by atomic mass is 28.4. The maximum absolute atomic E-state index is 6.82. The van der Waals surface area contributed by atoms with Gasteiger partial charge in [0.05, 0.1) is 6.10 Å². The van der Waals surface area contributed by atoms with Gasteiger partial charge in [0, 0.05) is 45.1 Å². The Morgan fingerprint density at radius 1 is 0.667 bits per heavy atom. The lowest BCUT2D eigenvalue weighted by Gasteiger charge is -2.53. The molecule has 1 saturated heterocycles. The molecule has 0 aromatic heterocycles. The zero-order chi connectivity index (χ0) is 27.7. The van der Waals surface area contributed by atoms with Gasteiger partial charge in [-0.2, -0.15) is 0 Å². The van der Waals surface area contributed by atoms with E-state index in [0.29, 0.717) is 6.10 Å². The average molecular weight is 564 g/mol. The van der Waals surface area contributed by atoms with E-state index in [1.807, 2.05) is 0 Å². The van der Waals surface area contributed by atoms with Crippen LogP contribution >= 0.6 is 0 Å². The van der Waals surface area contributed by atoms with E-state index in [9.17, 15) is 0 Å². The van der Waals surface area contributed by atoms with Crippen LogP contribution in [-0.4, -0.2) is 82.5 Å². The minimum absolute atomic E-state index is 0.203. The maximum atomic E-state index is 6.82. The second-order valence-corrected chi connectivity index (χ2v) is 25.3. The smallest absolute Gasteiger partial charge is 0.456 e. The Hall–Kier alpha value is 0.411. The largest absolute Gasteiger partial charge is 0.499 e. The molecular weight excluding hydrogens is 503 g/mol.